The zero-order valence-corrected chi connectivity index (χ0v) is 13.2. The smallest absolute Gasteiger partial charge is 0.399 e. The predicted molar refractivity (Wildman–Crippen MR) is 85.3 cm³/mol. The fourth-order valence-corrected chi connectivity index (χ4v) is 2.58. The first-order valence-corrected chi connectivity index (χ1v) is 7.25. The zero-order chi connectivity index (χ0) is 15.4. The van der Waals surface area contributed by atoms with Gasteiger partial charge in [0, 0.05) is 17.0 Å². The third-order valence-electron chi connectivity index (χ3n) is 4.40. The fraction of sp³-hybridized carbons (Fsp3) is 0.400. The van der Waals surface area contributed by atoms with Crippen LogP contribution in [0.2, 0.25) is 5.02 Å². The van der Waals surface area contributed by atoms with Crippen molar-refractivity contribution in [2.45, 2.75) is 38.9 Å². The summed E-state index contributed by atoms with van der Waals surface area (Å²) in [6.45, 7) is 8.02. The van der Waals surface area contributed by atoms with Gasteiger partial charge in [-0.1, -0.05) is 23.7 Å². The van der Waals surface area contributed by atoms with Crippen LogP contribution in [-0.2, 0) is 9.31 Å². The Kier molecular flexibility index (Phi) is 3.21. The molecule has 1 fully saturated rings. The van der Waals surface area contributed by atoms with Crippen LogP contribution in [0, 0.1) is 0 Å². The first-order valence-electron chi connectivity index (χ1n) is 6.88. The fourth-order valence-electron chi connectivity index (χ4n) is 2.37. The Morgan fingerprint density at radius 1 is 1.10 bits per heavy atom. The third kappa shape index (κ3) is 2.29. The maximum absolute atomic E-state index is 11.8. The average Bonchev–Trinajstić information content (AvgIpc) is 2.63. The average molecular weight is 306 g/mol. The van der Waals surface area contributed by atoms with Crippen LogP contribution in [0.15, 0.2) is 29.2 Å². The summed E-state index contributed by atoms with van der Waals surface area (Å²) in [6.07, 6.45) is 1.50. The van der Waals surface area contributed by atoms with E-state index in [9.17, 15) is 4.79 Å². The summed E-state index contributed by atoms with van der Waals surface area (Å²) in [5.41, 5.74) is -0.0988. The van der Waals surface area contributed by atoms with Crippen LogP contribution in [0.5, 0.6) is 0 Å². The second kappa shape index (κ2) is 4.60. The van der Waals surface area contributed by atoms with Crippen LogP contribution in [-0.4, -0.2) is 23.3 Å². The Balaban J connectivity index is 2.08. The molecule has 1 aliphatic heterocycles. The Morgan fingerprint density at radius 2 is 1.71 bits per heavy atom. The van der Waals surface area contributed by atoms with E-state index >= 15 is 0 Å². The summed E-state index contributed by atoms with van der Waals surface area (Å²) in [5, 5.41) is 1.76. The van der Waals surface area contributed by atoms with E-state index in [1.807, 2.05) is 39.8 Å². The van der Waals surface area contributed by atoms with Gasteiger partial charge in [-0.05, 0) is 39.2 Å². The number of pyridine rings is 1. The minimum atomic E-state index is -0.463. The highest BCUT2D eigenvalue weighted by Crippen LogP contribution is 2.36. The van der Waals surface area contributed by atoms with E-state index in [0.29, 0.717) is 15.8 Å². The predicted octanol–water partition coefficient (Wildman–Crippen LogP) is 2.48. The topological polar surface area (TPSA) is 51.3 Å². The molecular formula is C15H17BClNO3. The quantitative estimate of drug-likeness (QED) is 0.824. The first-order chi connectivity index (χ1) is 9.71. The molecule has 0 spiro atoms. The van der Waals surface area contributed by atoms with Crippen LogP contribution < -0.4 is 11.0 Å². The van der Waals surface area contributed by atoms with Crippen molar-refractivity contribution in [2.24, 2.45) is 0 Å². The van der Waals surface area contributed by atoms with Crippen molar-refractivity contribution >= 4 is 35.0 Å². The molecule has 3 rings (SSSR count). The Hall–Kier alpha value is -1.30. The van der Waals surface area contributed by atoms with Gasteiger partial charge in [-0.15, -0.1) is 0 Å². The number of benzene rings is 1. The molecule has 1 N–H and O–H groups in total. The molecular weight excluding hydrogens is 288 g/mol. The molecule has 0 aliphatic carbocycles. The van der Waals surface area contributed by atoms with Crippen molar-refractivity contribution in [3.8, 4) is 0 Å². The molecule has 1 aromatic heterocycles. The highest BCUT2D eigenvalue weighted by atomic mass is 35.5. The lowest BCUT2D eigenvalue weighted by Crippen LogP contribution is -2.41. The van der Waals surface area contributed by atoms with E-state index in [4.69, 9.17) is 20.9 Å². The van der Waals surface area contributed by atoms with Gasteiger partial charge in [0.15, 0.2) is 0 Å². The molecule has 0 unspecified atom stereocenters. The van der Waals surface area contributed by atoms with Gasteiger partial charge in [-0.3, -0.25) is 4.79 Å². The molecule has 1 aliphatic rings. The Labute approximate surface area is 128 Å². The van der Waals surface area contributed by atoms with E-state index in [1.54, 1.807) is 6.07 Å². The van der Waals surface area contributed by atoms with E-state index in [0.717, 1.165) is 5.46 Å². The maximum Gasteiger partial charge on any atom is 0.494 e. The highest BCUT2D eigenvalue weighted by molar-refractivity contribution is 6.62. The van der Waals surface area contributed by atoms with Crippen LogP contribution >= 0.6 is 11.6 Å². The van der Waals surface area contributed by atoms with E-state index in [2.05, 4.69) is 4.98 Å². The van der Waals surface area contributed by atoms with Gasteiger partial charge >= 0.3 is 7.12 Å². The van der Waals surface area contributed by atoms with Crippen molar-refractivity contribution in [2.75, 3.05) is 0 Å². The lowest BCUT2D eigenvalue weighted by atomic mass is 9.78. The summed E-state index contributed by atoms with van der Waals surface area (Å²) in [4.78, 5) is 14.4. The van der Waals surface area contributed by atoms with Crippen molar-refractivity contribution in [1.82, 2.24) is 4.98 Å². The number of rotatable bonds is 1. The van der Waals surface area contributed by atoms with Crippen molar-refractivity contribution in [3.63, 3.8) is 0 Å². The minimum Gasteiger partial charge on any atom is -0.399 e. The lowest BCUT2D eigenvalue weighted by Gasteiger charge is -2.32. The molecule has 0 bridgehead atoms. The standard InChI is InChI=1S/C15H17BClNO3/c1-14(2)15(3,4)21-16(20-14)9-5-6-10-11(7-9)12(17)8-18-13(10)19/h5-8H,1-4H3,(H,18,19). The van der Waals surface area contributed by atoms with Gasteiger partial charge in [0.05, 0.1) is 16.2 Å². The Bertz CT molecular complexity index is 753. The second-order valence-corrected chi connectivity index (χ2v) is 6.77. The number of hydrogen-bond donors (Lipinski definition) is 1. The molecule has 21 heavy (non-hydrogen) atoms. The minimum absolute atomic E-state index is 0.158. The Morgan fingerprint density at radius 3 is 2.33 bits per heavy atom. The number of aromatic nitrogens is 1. The second-order valence-electron chi connectivity index (χ2n) is 6.36. The molecule has 6 heteroatoms. The van der Waals surface area contributed by atoms with Gasteiger partial charge < -0.3 is 14.3 Å². The molecule has 1 saturated heterocycles. The summed E-state index contributed by atoms with van der Waals surface area (Å²) in [5.74, 6) is 0. The van der Waals surface area contributed by atoms with Crippen LogP contribution in [0.25, 0.3) is 10.8 Å². The van der Waals surface area contributed by atoms with Gasteiger partial charge in [-0.2, -0.15) is 0 Å². The first kappa shape index (κ1) is 14.6. The number of H-pyrrole nitrogens is 1. The SMILES string of the molecule is CC1(C)OB(c2ccc3c(=O)[nH]cc(Cl)c3c2)OC1(C)C. The maximum atomic E-state index is 11.8. The summed E-state index contributed by atoms with van der Waals surface area (Å²) in [6, 6.07) is 5.45. The van der Waals surface area contributed by atoms with Crippen molar-refractivity contribution in [3.05, 3.63) is 39.8 Å². The van der Waals surface area contributed by atoms with Gasteiger partial charge in [0.25, 0.3) is 5.56 Å². The molecule has 1 aromatic carbocycles. The molecule has 0 atom stereocenters. The molecule has 0 amide bonds. The number of nitrogens with one attached hydrogen (secondary N) is 1. The molecule has 2 aromatic rings. The van der Waals surface area contributed by atoms with Crippen LogP contribution in [0.3, 0.4) is 0 Å². The van der Waals surface area contributed by atoms with E-state index in [1.165, 1.54) is 6.20 Å². The molecule has 110 valence electrons. The number of hydrogen-bond acceptors (Lipinski definition) is 3. The zero-order valence-electron chi connectivity index (χ0n) is 12.5. The molecule has 4 nitrogen and oxygen atoms in total. The van der Waals surface area contributed by atoms with E-state index in [-0.39, 0.29) is 5.56 Å². The van der Waals surface area contributed by atoms with Crippen molar-refractivity contribution in [1.29, 1.82) is 0 Å². The normalized spacial score (nSPS) is 20.1. The summed E-state index contributed by atoms with van der Waals surface area (Å²) >= 11 is 6.17. The number of aromatic amines is 1. The van der Waals surface area contributed by atoms with Gasteiger partial charge in [0.2, 0.25) is 0 Å². The summed E-state index contributed by atoms with van der Waals surface area (Å²) < 4.78 is 12.0. The number of fused-ring (bicyclic) bond motifs is 1. The van der Waals surface area contributed by atoms with Crippen LogP contribution in [0.4, 0.5) is 0 Å². The van der Waals surface area contributed by atoms with E-state index < -0.39 is 18.3 Å². The molecule has 0 radical (unpaired) electrons. The van der Waals surface area contributed by atoms with Crippen molar-refractivity contribution < 1.29 is 9.31 Å². The monoisotopic (exact) mass is 305 g/mol. The number of halogens is 1. The molecule has 0 saturated carbocycles. The van der Waals surface area contributed by atoms with Gasteiger partial charge in [-0.25, -0.2) is 0 Å². The lowest BCUT2D eigenvalue weighted by molar-refractivity contribution is 0.00578. The van der Waals surface area contributed by atoms with Crippen LogP contribution in [0.1, 0.15) is 27.7 Å². The third-order valence-corrected chi connectivity index (χ3v) is 4.71. The largest absolute Gasteiger partial charge is 0.494 e. The molecule has 2 heterocycles. The summed E-state index contributed by atoms with van der Waals surface area (Å²) in [7, 11) is -0.463. The van der Waals surface area contributed by atoms with Gasteiger partial charge in [0.1, 0.15) is 0 Å². The highest BCUT2D eigenvalue weighted by Gasteiger charge is 2.51.